The SMILES string of the molecule is CCN(CC)CC.CCN(CC)CC.Cl. The molecule has 96 valence electrons. The van der Waals surface area contributed by atoms with Crippen LogP contribution in [0.3, 0.4) is 0 Å². The molecule has 0 rings (SSSR count). The van der Waals surface area contributed by atoms with Crippen molar-refractivity contribution in [3.8, 4) is 0 Å². The second kappa shape index (κ2) is 16.6. The molecule has 0 atom stereocenters. The highest BCUT2D eigenvalue weighted by Crippen LogP contribution is 1.82. The molecule has 0 aromatic rings. The fourth-order valence-corrected chi connectivity index (χ4v) is 1.34. The number of halogens is 1. The molecule has 3 heteroatoms. The van der Waals surface area contributed by atoms with Crippen LogP contribution in [0.4, 0.5) is 0 Å². The van der Waals surface area contributed by atoms with Crippen LogP contribution in [0, 0.1) is 0 Å². The van der Waals surface area contributed by atoms with Crippen LogP contribution in [0.5, 0.6) is 0 Å². The van der Waals surface area contributed by atoms with Gasteiger partial charge in [-0.05, 0) is 39.3 Å². The molecule has 0 unspecified atom stereocenters. The Morgan fingerprint density at radius 2 is 0.600 bits per heavy atom. The molecule has 2 nitrogen and oxygen atoms in total. The first-order valence-corrected chi connectivity index (χ1v) is 6.14. The van der Waals surface area contributed by atoms with Gasteiger partial charge >= 0.3 is 0 Å². The van der Waals surface area contributed by atoms with Gasteiger partial charge in [-0.15, -0.1) is 12.4 Å². The van der Waals surface area contributed by atoms with E-state index in [2.05, 4.69) is 51.3 Å². The second-order valence-electron chi connectivity index (χ2n) is 3.24. The van der Waals surface area contributed by atoms with Crippen molar-refractivity contribution in [1.82, 2.24) is 9.80 Å². The van der Waals surface area contributed by atoms with Gasteiger partial charge in [-0.1, -0.05) is 41.5 Å². The molecule has 0 heterocycles. The molecule has 0 aromatic heterocycles. The maximum Gasteiger partial charge on any atom is -0.00474 e. The molecule has 0 aliphatic carbocycles. The summed E-state index contributed by atoms with van der Waals surface area (Å²) in [5, 5.41) is 0. The van der Waals surface area contributed by atoms with Crippen LogP contribution >= 0.6 is 12.4 Å². The molecule has 0 N–H and O–H groups in total. The van der Waals surface area contributed by atoms with Crippen LogP contribution in [0.25, 0.3) is 0 Å². The predicted molar refractivity (Wildman–Crippen MR) is 74.2 cm³/mol. The molecule has 15 heavy (non-hydrogen) atoms. The molecular formula is C12H31ClN2. The zero-order valence-corrected chi connectivity index (χ0v) is 12.4. The summed E-state index contributed by atoms with van der Waals surface area (Å²) in [4.78, 5) is 4.75. The van der Waals surface area contributed by atoms with Gasteiger partial charge in [0.1, 0.15) is 0 Å². The van der Waals surface area contributed by atoms with Crippen LogP contribution in [-0.2, 0) is 0 Å². The van der Waals surface area contributed by atoms with E-state index >= 15 is 0 Å². The van der Waals surface area contributed by atoms with Crippen LogP contribution in [0.15, 0.2) is 0 Å². The van der Waals surface area contributed by atoms with E-state index in [9.17, 15) is 0 Å². The monoisotopic (exact) mass is 238 g/mol. The zero-order chi connectivity index (χ0) is 11.4. The number of hydrogen-bond acceptors (Lipinski definition) is 2. The van der Waals surface area contributed by atoms with Crippen LogP contribution in [-0.4, -0.2) is 49.1 Å². The van der Waals surface area contributed by atoms with Crippen molar-refractivity contribution in [2.24, 2.45) is 0 Å². The average Bonchev–Trinajstić information content (AvgIpc) is 2.24. The summed E-state index contributed by atoms with van der Waals surface area (Å²) in [7, 11) is 0. The van der Waals surface area contributed by atoms with Crippen molar-refractivity contribution in [3.05, 3.63) is 0 Å². The Hall–Kier alpha value is 0.210. The molecule has 0 saturated heterocycles. The van der Waals surface area contributed by atoms with Gasteiger partial charge in [0.05, 0.1) is 0 Å². The van der Waals surface area contributed by atoms with E-state index < -0.39 is 0 Å². The van der Waals surface area contributed by atoms with Crippen LogP contribution < -0.4 is 0 Å². The van der Waals surface area contributed by atoms with E-state index in [4.69, 9.17) is 0 Å². The first-order chi connectivity index (χ1) is 6.69. The lowest BCUT2D eigenvalue weighted by Crippen LogP contribution is -2.21. The third kappa shape index (κ3) is 14.2. The third-order valence-electron chi connectivity index (χ3n) is 2.68. The molecule has 0 aromatic carbocycles. The summed E-state index contributed by atoms with van der Waals surface area (Å²) in [6.07, 6.45) is 0. The minimum absolute atomic E-state index is 0. The smallest absolute Gasteiger partial charge is 0.00474 e. The van der Waals surface area contributed by atoms with Crippen molar-refractivity contribution in [1.29, 1.82) is 0 Å². The van der Waals surface area contributed by atoms with Gasteiger partial charge in [-0.2, -0.15) is 0 Å². The highest BCUT2D eigenvalue weighted by atomic mass is 35.5. The Labute approximate surface area is 103 Å². The summed E-state index contributed by atoms with van der Waals surface area (Å²) in [6, 6.07) is 0. The van der Waals surface area contributed by atoms with Crippen molar-refractivity contribution in [2.75, 3.05) is 39.3 Å². The summed E-state index contributed by atoms with van der Waals surface area (Å²) in [5.74, 6) is 0. The van der Waals surface area contributed by atoms with Gasteiger partial charge in [0, 0.05) is 0 Å². The minimum atomic E-state index is 0. The zero-order valence-electron chi connectivity index (χ0n) is 11.5. The summed E-state index contributed by atoms with van der Waals surface area (Å²) in [6.45, 7) is 20.2. The third-order valence-corrected chi connectivity index (χ3v) is 2.68. The molecule has 0 spiro atoms. The number of rotatable bonds is 6. The maximum absolute atomic E-state index is 2.38. The first kappa shape index (κ1) is 20.6. The normalized spacial score (nSPS) is 9.60. The van der Waals surface area contributed by atoms with E-state index in [1.54, 1.807) is 0 Å². The second-order valence-corrected chi connectivity index (χ2v) is 3.24. The van der Waals surface area contributed by atoms with Gasteiger partial charge in [0.25, 0.3) is 0 Å². The van der Waals surface area contributed by atoms with Gasteiger partial charge < -0.3 is 9.80 Å². The van der Waals surface area contributed by atoms with E-state index in [1.807, 2.05) is 0 Å². The Morgan fingerprint density at radius 3 is 0.600 bits per heavy atom. The summed E-state index contributed by atoms with van der Waals surface area (Å²) >= 11 is 0. The van der Waals surface area contributed by atoms with Crippen molar-refractivity contribution in [3.63, 3.8) is 0 Å². The Morgan fingerprint density at radius 1 is 0.467 bits per heavy atom. The molecule has 0 bridgehead atoms. The lowest BCUT2D eigenvalue weighted by Gasteiger charge is -2.13. The quantitative estimate of drug-likeness (QED) is 0.702. The van der Waals surface area contributed by atoms with Crippen LogP contribution in [0.1, 0.15) is 41.5 Å². The highest BCUT2D eigenvalue weighted by molar-refractivity contribution is 5.85. The number of hydrogen-bond donors (Lipinski definition) is 0. The predicted octanol–water partition coefficient (Wildman–Crippen LogP) is 3.12. The molecule has 0 radical (unpaired) electrons. The van der Waals surface area contributed by atoms with Gasteiger partial charge in [-0.3, -0.25) is 0 Å². The Kier molecular flexibility index (Phi) is 22.8. The standard InChI is InChI=1S/2C6H15N.ClH/c2*1-4-7(5-2)6-3;/h2*4-6H2,1-3H3;1H. The molecule has 0 saturated carbocycles. The van der Waals surface area contributed by atoms with Crippen molar-refractivity contribution in [2.45, 2.75) is 41.5 Å². The Bertz CT molecular complexity index is 68.6. The van der Waals surface area contributed by atoms with Gasteiger partial charge in [0.2, 0.25) is 0 Å². The average molecular weight is 239 g/mol. The maximum atomic E-state index is 2.38. The molecule has 0 amide bonds. The lowest BCUT2D eigenvalue weighted by atomic mass is 10.5. The summed E-state index contributed by atoms with van der Waals surface area (Å²) in [5.41, 5.74) is 0. The van der Waals surface area contributed by atoms with Crippen LogP contribution in [0.2, 0.25) is 0 Å². The van der Waals surface area contributed by atoms with Gasteiger partial charge in [0.15, 0.2) is 0 Å². The topological polar surface area (TPSA) is 6.48 Å². The minimum Gasteiger partial charge on any atom is -0.304 e. The molecule has 0 aliphatic heterocycles. The molecular weight excluding hydrogens is 208 g/mol. The molecule has 0 aliphatic rings. The fourth-order valence-electron chi connectivity index (χ4n) is 1.34. The number of nitrogens with zero attached hydrogens (tertiary/aromatic N) is 2. The fraction of sp³-hybridized carbons (Fsp3) is 1.00. The lowest BCUT2D eigenvalue weighted by molar-refractivity contribution is 0.321. The van der Waals surface area contributed by atoms with E-state index in [1.165, 1.54) is 39.3 Å². The van der Waals surface area contributed by atoms with Crippen molar-refractivity contribution < 1.29 is 0 Å². The Balaban J connectivity index is -0.000000180. The van der Waals surface area contributed by atoms with E-state index in [-0.39, 0.29) is 12.4 Å². The summed E-state index contributed by atoms with van der Waals surface area (Å²) < 4.78 is 0. The highest BCUT2D eigenvalue weighted by Gasteiger charge is 1.89. The van der Waals surface area contributed by atoms with E-state index in [0.29, 0.717) is 0 Å². The largest absolute Gasteiger partial charge is 0.304 e. The van der Waals surface area contributed by atoms with E-state index in [0.717, 1.165) is 0 Å². The first-order valence-electron chi connectivity index (χ1n) is 6.14. The van der Waals surface area contributed by atoms with Gasteiger partial charge in [-0.25, -0.2) is 0 Å². The van der Waals surface area contributed by atoms with Crippen molar-refractivity contribution >= 4 is 12.4 Å². The molecule has 0 fully saturated rings.